The van der Waals surface area contributed by atoms with E-state index >= 15 is 0 Å². The highest BCUT2D eigenvalue weighted by Crippen LogP contribution is 2.27. The molecule has 0 aromatic heterocycles. The molecule has 0 unspecified atom stereocenters. The van der Waals surface area contributed by atoms with Crippen molar-refractivity contribution in [3.63, 3.8) is 0 Å². The smallest absolute Gasteiger partial charge is 0.125 e. The maximum absolute atomic E-state index is 5.94. The van der Waals surface area contributed by atoms with E-state index in [1.807, 2.05) is 26.0 Å². The SMILES string of the molecule is Cc1cc(Cl)cc(C)c1OC[C@H](C)CN. The molecule has 0 heterocycles. The van der Waals surface area contributed by atoms with Crippen LogP contribution in [0.5, 0.6) is 5.75 Å². The lowest BCUT2D eigenvalue weighted by Gasteiger charge is -2.15. The molecule has 3 heteroatoms. The van der Waals surface area contributed by atoms with E-state index in [0.29, 0.717) is 19.1 Å². The quantitative estimate of drug-likeness (QED) is 0.859. The van der Waals surface area contributed by atoms with E-state index in [1.165, 1.54) is 0 Å². The van der Waals surface area contributed by atoms with E-state index in [-0.39, 0.29) is 0 Å². The molecule has 0 aliphatic heterocycles. The fraction of sp³-hybridized carbons (Fsp3) is 0.500. The molecule has 0 amide bonds. The summed E-state index contributed by atoms with van der Waals surface area (Å²) in [6.07, 6.45) is 0. The van der Waals surface area contributed by atoms with E-state index in [2.05, 4.69) is 6.92 Å². The highest BCUT2D eigenvalue weighted by atomic mass is 35.5. The largest absolute Gasteiger partial charge is 0.493 e. The van der Waals surface area contributed by atoms with Gasteiger partial charge in [-0.1, -0.05) is 18.5 Å². The fourth-order valence-corrected chi connectivity index (χ4v) is 1.75. The summed E-state index contributed by atoms with van der Waals surface area (Å²) < 4.78 is 5.74. The van der Waals surface area contributed by atoms with Crippen LogP contribution in [0.1, 0.15) is 18.1 Å². The Hall–Kier alpha value is -0.730. The number of halogens is 1. The standard InChI is InChI=1S/C12H18ClNO/c1-8(6-14)7-15-12-9(2)4-11(13)5-10(12)3/h4-5,8H,6-7,14H2,1-3H3/t8-/m1/s1. The molecule has 1 atom stereocenters. The summed E-state index contributed by atoms with van der Waals surface area (Å²) in [6, 6.07) is 3.83. The van der Waals surface area contributed by atoms with E-state index in [0.717, 1.165) is 21.9 Å². The number of benzene rings is 1. The third-order valence-electron chi connectivity index (χ3n) is 2.34. The van der Waals surface area contributed by atoms with Crippen molar-refractivity contribution >= 4 is 11.6 Å². The summed E-state index contributed by atoms with van der Waals surface area (Å²) in [5.74, 6) is 1.30. The first-order valence-electron chi connectivity index (χ1n) is 5.14. The van der Waals surface area contributed by atoms with Gasteiger partial charge in [-0.25, -0.2) is 0 Å². The van der Waals surface area contributed by atoms with Crippen LogP contribution in [-0.2, 0) is 0 Å². The van der Waals surface area contributed by atoms with E-state index in [4.69, 9.17) is 22.1 Å². The van der Waals surface area contributed by atoms with Gasteiger partial charge in [0.25, 0.3) is 0 Å². The Labute approximate surface area is 96.4 Å². The second-order valence-corrected chi connectivity index (χ2v) is 4.46. The van der Waals surface area contributed by atoms with Gasteiger partial charge in [-0.05, 0) is 43.7 Å². The first-order valence-corrected chi connectivity index (χ1v) is 5.52. The monoisotopic (exact) mass is 227 g/mol. The van der Waals surface area contributed by atoms with Gasteiger partial charge in [0.1, 0.15) is 5.75 Å². The summed E-state index contributed by atoms with van der Waals surface area (Å²) in [6.45, 7) is 7.37. The van der Waals surface area contributed by atoms with E-state index in [9.17, 15) is 0 Å². The zero-order valence-corrected chi connectivity index (χ0v) is 10.3. The Morgan fingerprint density at radius 2 is 1.87 bits per heavy atom. The maximum atomic E-state index is 5.94. The van der Waals surface area contributed by atoms with Gasteiger partial charge in [-0.15, -0.1) is 0 Å². The summed E-state index contributed by atoms with van der Waals surface area (Å²) in [7, 11) is 0. The predicted octanol–water partition coefficient (Wildman–Crippen LogP) is 2.93. The van der Waals surface area contributed by atoms with Gasteiger partial charge in [0.05, 0.1) is 6.61 Å². The van der Waals surface area contributed by atoms with Gasteiger partial charge in [0.2, 0.25) is 0 Å². The topological polar surface area (TPSA) is 35.2 Å². The van der Waals surface area contributed by atoms with Crippen LogP contribution in [0.15, 0.2) is 12.1 Å². The lowest BCUT2D eigenvalue weighted by Crippen LogP contribution is -2.18. The molecule has 1 aromatic rings. The molecule has 0 bridgehead atoms. The number of hydrogen-bond acceptors (Lipinski definition) is 2. The molecule has 0 radical (unpaired) electrons. The fourth-order valence-electron chi connectivity index (χ4n) is 1.42. The van der Waals surface area contributed by atoms with Crippen molar-refractivity contribution in [3.05, 3.63) is 28.3 Å². The van der Waals surface area contributed by atoms with Gasteiger partial charge in [0, 0.05) is 10.9 Å². The second-order valence-electron chi connectivity index (χ2n) is 4.02. The second kappa shape index (κ2) is 5.38. The third kappa shape index (κ3) is 3.40. The molecular formula is C12H18ClNO. The Bertz CT molecular complexity index is 315. The number of nitrogens with two attached hydrogens (primary N) is 1. The summed E-state index contributed by atoms with van der Waals surface area (Å²) >= 11 is 5.94. The van der Waals surface area contributed by atoms with Crippen LogP contribution in [0.3, 0.4) is 0 Å². The van der Waals surface area contributed by atoms with Crippen LogP contribution in [0.2, 0.25) is 5.02 Å². The lowest BCUT2D eigenvalue weighted by atomic mass is 10.1. The van der Waals surface area contributed by atoms with Crippen molar-refractivity contribution < 1.29 is 4.74 Å². The summed E-state index contributed by atoms with van der Waals surface area (Å²) in [5.41, 5.74) is 7.68. The Kier molecular flexibility index (Phi) is 4.43. The number of aryl methyl sites for hydroxylation is 2. The molecule has 0 saturated heterocycles. The Balaban J connectivity index is 2.77. The number of ether oxygens (including phenoxy) is 1. The van der Waals surface area contributed by atoms with Crippen LogP contribution in [0.4, 0.5) is 0 Å². The molecule has 0 aliphatic rings. The van der Waals surface area contributed by atoms with E-state index in [1.54, 1.807) is 0 Å². The molecule has 2 N–H and O–H groups in total. The van der Waals surface area contributed by atoms with E-state index < -0.39 is 0 Å². The Morgan fingerprint density at radius 1 is 1.33 bits per heavy atom. The minimum atomic E-state index is 0.375. The molecule has 0 saturated carbocycles. The summed E-state index contributed by atoms with van der Waals surface area (Å²) in [5, 5.41) is 0.754. The van der Waals surface area contributed by atoms with Crippen LogP contribution in [0, 0.1) is 19.8 Å². The average molecular weight is 228 g/mol. The predicted molar refractivity (Wildman–Crippen MR) is 64.6 cm³/mol. The van der Waals surface area contributed by atoms with Gasteiger partial charge in [-0.3, -0.25) is 0 Å². The first kappa shape index (κ1) is 12.3. The molecule has 0 fully saturated rings. The molecule has 1 aromatic carbocycles. The third-order valence-corrected chi connectivity index (χ3v) is 2.56. The van der Waals surface area contributed by atoms with Crippen LogP contribution >= 0.6 is 11.6 Å². The zero-order chi connectivity index (χ0) is 11.4. The molecule has 1 rings (SSSR count). The average Bonchev–Trinajstić information content (AvgIpc) is 2.15. The molecule has 84 valence electrons. The molecular weight excluding hydrogens is 210 g/mol. The van der Waals surface area contributed by atoms with Crippen LogP contribution in [-0.4, -0.2) is 13.2 Å². The van der Waals surface area contributed by atoms with Crippen LogP contribution in [0.25, 0.3) is 0 Å². The zero-order valence-electron chi connectivity index (χ0n) is 9.51. The summed E-state index contributed by atoms with van der Waals surface area (Å²) in [4.78, 5) is 0. The highest BCUT2D eigenvalue weighted by Gasteiger charge is 2.07. The minimum absolute atomic E-state index is 0.375. The van der Waals surface area contributed by atoms with Gasteiger partial charge >= 0.3 is 0 Å². The normalized spacial score (nSPS) is 12.6. The molecule has 0 spiro atoms. The Morgan fingerprint density at radius 3 is 2.33 bits per heavy atom. The highest BCUT2D eigenvalue weighted by molar-refractivity contribution is 6.30. The number of rotatable bonds is 4. The number of hydrogen-bond donors (Lipinski definition) is 1. The maximum Gasteiger partial charge on any atom is 0.125 e. The van der Waals surface area contributed by atoms with Crippen LogP contribution < -0.4 is 10.5 Å². The van der Waals surface area contributed by atoms with Crippen molar-refractivity contribution in [1.29, 1.82) is 0 Å². The van der Waals surface area contributed by atoms with Crippen molar-refractivity contribution in [2.24, 2.45) is 11.7 Å². The van der Waals surface area contributed by atoms with Gasteiger partial charge in [0.15, 0.2) is 0 Å². The first-order chi connectivity index (χ1) is 7.04. The molecule has 15 heavy (non-hydrogen) atoms. The van der Waals surface area contributed by atoms with Gasteiger partial charge in [-0.2, -0.15) is 0 Å². The van der Waals surface area contributed by atoms with Crippen molar-refractivity contribution in [2.45, 2.75) is 20.8 Å². The van der Waals surface area contributed by atoms with Crippen molar-refractivity contribution in [2.75, 3.05) is 13.2 Å². The molecule has 2 nitrogen and oxygen atoms in total. The lowest BCUT2D eigenvalue weighted by molar-refractivity contribution is 0.261. The van der Waals surface area contributed by atoms with Crippen molar-refractivity contribution in [1.82, 2.24) is 0 Å². The van der Waals surface area contributed by atoms with Gasteiger partial charge < -0.3 is 10.5 Å². The minimum Gasteiger partial charge on any atom is -0.493 e. The molecule has 0 aliphatic carbocycles. The van der Waals surface area contributed by atoms with Crippen molar-refractivity contribution in [3.8, 4) is 5.75 Å².